The van der Waals surface area contributed by atoms with Crippen molar-refractivity contribution in [2.45, 2.75) is 46.6 Å². The molecule has 3 heteroatoms. The fourth-order valence-electron chi connectivity index (χ4n) is 0.719. The molecule has 0 aliphatic carbocycles. The maximum Gasteiger partial charge on any atom is 0.309 e. The van der Waals surface area contributed by atoms with E-state index in [4.69, 9.17) is 9.84 Å². The molecular weight excluding hydrogens is 168 g/mol. The maximum absolute atomic E-state index is 10.7. The number of carboxylic acid groups (broad SMARTS) is 1. The lowest BCUT2D eigenvalue weighted by Gasteiger charge is -2.24. The second-order valence-corrected chi connectivity index (χ2v) is 4.90. The number of aliphatic carboxylic acids is 1. The van der Waals surface area contributed by atoms with Gasteiger partial charge in [-0.15, -0.1) is 0 Å². The van der Waals surface area contributed by atoms with E-state index in [9.17, 15) is 4.79 Å². The van der Waals surface area contributed by atoms with Crippen LogP contribution < -0.4 is 0 Å². The van der Waals surface area contributed by atoms with Gasteiger partial charge < -0.3 is 9.84 Å². The van der Waals surface area contributed by atoms with Gasteiger partial charge in [-0.25, -0.2) is 0 Å². The van der Waals surface area contributed by atoms with E-state index in [2.05, 4.69) is 0 Å². The van der Waals surface area contributed by atoms with Gasteiger partial charge in [0.1, 0.15) is 0 Å². The first-order chi connectivity index (χ1) is 5.65. The van der Waals surface area contributed by atoms with Crippen LogP contribution in [0.4, 0.5) is 0 Å². The van der Waals surface area contributed by atoms with Gasteiger partial charge in [0, 0.05) is 6.61 Å². The van der Waals surface area contributed by atoms with Crippen LogP contribution in [0, 0.1) is 5.41 Å². The molecule has 0 bridgehead atoms. The molecule has 1 N–H and O–H groups in total. The van der Waals surface area contributed by atoms with Crippen molar-refractivity contribution in [3.8, 4) is 0 Å². The van der Waals surface area contributed by atoms with Crippen LogP contribution >= 0.6 is 0 Å². The molecular formula is C10H20O3. The van der Waals surface area contributed by atoms with Crippen LogP contribution in [0.25, 0.3) is 0 Å². The zero-order valence-electron chi connectivity index (χ0n) is 9.18. The zero-order chi connectivity index (χ0) is 10.7. The van der Waals surface area contributed by atoms with E-state index in [0.29, 0.717) is 13.0 Å². The lowest BCUT2D eigenvalue weighted by molar-refractivity contribution is -0.148. The van der Waals surface area contributed by atoms with Gasteiger partial charge in [0.2, 0.25) is 0 Å². The summed E-state index contributed by atoms with van der Waals surface area (Å²) in [6, 6.07) is 0. The molecule has 0 fully saturated rings. The van der Waals surface area contributed by atoms with Crippen molar-refractivity contribution in [2.75, 3.05) is 6.61 Å². The molecule has 3 nitrogen and oxygen atoms in total. The summed E-state index contributed by atoms with van der Waals surface area (Å²) in [7, 11) is 0. The fraction of sp³-hybridized carbons (Fsp3) is 0.900. The summed E-state index contributed by atoms with van der Waals surface area (Å²) in [5, 5.41) is 8.82. The van der Waals surface area contributed by atoms with Crippen molar-refractivity contribution in [2.24, 2.45) is 5.41 Å². The van der Waals surface area contributed by atoms with E-state index >= 15 is 0 Å². The van der Waals surface area contributed by atoms with Crippen LogP contribution in [0.3, 0.4) is 0 Å². The minimum Gasteiger partial charge on any atom is -0.481 e. The molecule has 0 saturated carbocycles. The van der Waals surface area contributed by atoms with Gasteiger partial charge in [-0.3, -0.25) is 4.79 Å². The molecule has 0 aliphatic rings. The fourth-order valence-corrected chi connectivity index (χ4v) is 0.719. The molecule has 0 aromatic heterocycles. The Morgan fingerprint density at radius 3 is 2.00 bits per heavy atom. The number of hydrogen-bond acceptors (Lipinski definition) is 2. The van der Waals surface area contributed by atoms with Crippen molar-refractivity contribution in [1.29, 1.82) is 0 Å². The highest BCUT2D eigenvalue weighted by molar-refractivity contribution is 5.73. The van der Waals surface area contributed by atoms with E-state index in [0.717, 1.165) is 0 Å². The molecule has 13 heavy (non-hydrogen) atoms. The summed E-state index contributed by atoms with van der Waals surface area (Å²) in [6.45, 7) is 9.79. The number of ether oxygens (including phenoxy) is 1. The minimum absolute atomic E-state index is 0.186. The smallest absolute Gasteiger partial charge is 0.309 e. The van der Waals surface area contributed by atoms with Crippen LogP contribution in [0.2, 0.25) is 0 Å². The molecule has 0 aromatic rings. The largest absolute Gasteiger partial charge is 0.481 e. The summed E-state index contributed by atoms with van der Waals surface area (Å²) in [6.07, 6.45) is 0.541. The predicted molar refractivity (Wildman–Crippen MR) is 51.7 cm³/mol. The molecule has 0 heterocycles. The first-order valence-electron chi connectivity index (χ1n) is 4.52. The third-order valence-corrected chi connectivity index (χ3v) is 1.84. The molecule has 0 saturated heterocycles. The highest BCUT2D eigenvalue weighted by atomic mass is 16.5. The Morgan fingerprint density at radius 2 is 1.69 bits per heavy atom. The van der Waals surface area contributed by atoms with Gasteiger partial charge in [0.25, 0.3) is 0 Å². The number of hydrogen-bond donors (Lipinski definition) is 1. The average Bonchev–Trinajstić information content (AvgIpc) is 1.82. The highest BCUT2D eigenvalue weighted by Gasteiger charge is 2.27. The Hall–Kier alpha value is -0.570. The molecule has 0 rings (SSSR count). The Kier molecular flexibility index (Phi) is 3.91. The number of carboxylic acids is 1. The molecule has 0 spiro atoms. The standard InChI is InChI=1S/C10H20O3/c1-9(2,3)13-7-6-10(4,5)8(11)12/h6-7H2,1-5H3,(H,11,12). The van der Waals surface area contributed by atoms with Crippen molar-refractivity contribution < 1.29 is 14.6 Å². The van der Waals surface area contributed by atoms with E-state index < -0.39 is 11.4 Å². The normalized spacial score (nSPS) is 13.0. The van der Waals surface area contributed by atoms with Crippen molar-refractivity contribution in [3.63, 3.8) is 0 Å². The van der Waals surface area contributed by atoms with E-state index in [1.165, 1.54) is 0 Å². The summed E-state index contributed by atoms with van der Waals surface area (Å²) >= 11 is 0. The summed E-state index contributed by atoms with van der Waals surface area (Å²) < 4.78 is 5.45. The van der Waals surface area contributed by atoms with E-state index in [1.54, 1.807) is 13.8 Å². The number of carbonyl (C=O) groups is 1. The lowest BCUT2D eigenvalue weighted by Crippen LogP contribution is -2.28. The van der Waals surface area contributed by atoms with E-state index in [1.807, 2.05) is 20.8 Å². The first kappa shape index (κ1) is 12.4. The van der Waals surface area contributed by atoms with Crippen molar-refractivity contribution >= 4 is 5.97 Å². The summed E-state index contributed by atoms with van der Waals surface area (Å²) in [5.41, 5.74) is -0.875. The predicted octanol–water partition coefficient (Wildman–Crippen LogP) is 2.30. The Morgan fingerprint density at radius 1 is 1.23 bits per heavy atom. The van der Waals surface area contributed by atoms with Crippen molar-refractivity contribution in [1.82, 2.24) is 0 Å². The van der Waals surface area contributed by atoms with Crippen LogP contribution in [0.1, 0.15) is 41.0 Å². The van der Waals surface area contributed by atoms with Gasteiger partial charge >= 0.3 is 5.97 Å². The zero-order valence-corrected chi connectivity index (χ0v) is 9.18. The minimum atomic E-state index is -0.773. The summed E-state index contributed by atoms with van der Waals surface area (Å²) in [5.74, 6) is -0.773. The quantitative estimate of drug-likeness (QED) is 0.736. The maximum atomic E-state index is 10.7. The monoisotopic (exact) mass is 188 g/mol. The van der Waals surface area contributed by atoms with Crippen LogP contribution in [-0.2, 0) is 9.53 Å². The third-order valence-electron chi connectivity index (χ3n) is 1.84. The first-order valence-corrected chi connectivity index (χ1v) is 4.52. The molecule has 0 atom stereocenters. The lowest BCUT2D eigenvalue weighted by atomic mass is 9.90. The Balaban J connectivity index is 3.84. The van der Waals surface area contributed by atoms with E-state index in [-0.39, 0.29) is 5.60 Å². The topological polar surface area (TPSA) is 46.5 Å². The molecule has 0 aromatic carbocycles. The van der Waals surface area contributed by atoms with Crippen molar-refractivity contribution in [3.05, 3.63) is 0 Å². The third kappa shape index (κ3) is 5.64. The van der Waals surface area contributed by atoms with Gasteiger partial charge in [0.15, 0.2) is 0 Å². The summed E-state index contributed by atoms with van der Waals surface area (Å²) in [4.78, 5) is 10.7. The van der Waals surface area contributed by atoms with Gasteiger partial charge in [-0.2, -0.15) is 0 Å². The van der Waals surface area contributed by atoms with Gasteiger partial charge in [-0.05, 0) is 41.0 Å². The van der Waals surface area contributed by atoms with Crippen LogP contribution in [-0.4, -0.2) is 23.3 Å². The Bertz CT molecular complexity index is 177. The van der Waals surface area contributed by atoms with Crippen LogP contribution in [0.5, 0.6) is 0 Å². The van der Waals surface area contributed by atoms with Gasteiger partial charge in [-0.1, -0.05) is 0 Å². The number of rotatable bonds is 4. The molecule has 0 aliphatic heterocycles. The molecule has 78 valence electrons. The second kappa shape index (κ2) is 4.09. The highest BCUT2D eigenvalue weighted by Crippen LogP contribution is 2.21. The molecule has 0 unspecified atom stereocenters. The van der Waals surface area contributed by atoms with Gasteiger partial charge in [0.05, 0.1) is 11.0 Å². The SMILES string of the molecule is CC(C)(C)OCCC(C)(C)C(=O)O. The second-order valence-electron chi connectivity index (χ2n) is 4.90. The molecule has 0 amide bonds. The van der Waals surface area contributed by atoms with Crippen LogP contribution in [0.15, 0.2) is 0 Å². The average molecular weight is 188 g/mol. The molecule has 0 radical (unpaired) electrons. The Labute approximate surface area is 80.1 Å².